The summed E-state index contributed by atoms with van der Waals surface area (Å²) in [4.78, 5) is 23.7. The fourth-order valence-corrected chi connectivity index (χ4v) is 5.02. The van der Waals surface area contributed by atoms with Crippen LogP contribution in [0.4, 0.5) is 17.1 Å². The molecule has 3 aromatic rings. The number of ether oxygens (including phenoxy) is 1. The lowest BCUT2D eigenvalue weighted by atomic mass is 10.2. The zero-order chi connectivity index (χ0) is 24.5. The Morgan fingerprint density at radius 3 is 2.59 bits per heavy atom. The highest BCUT2D eigenvalue weighted by molar-refractivity contribution is 7.92. The van der Waals surface area contributed by atoms with Gasteiger partial charge in [0.1, 0.15) is 11.4 Å². The fourth-order valence-electron chi connectivity index (χ4n) is 3.89. The van der Waals surface area contributed by atoms with Gasteiger partial charge in [0.05, 0.1) is 27.3 Å². The van der Waals surface area contributed by atoms with Crippen LogP contribution in [-0.4, -0.2) is 42.0 Å². The van der Waals surface area contributed by atoms with Crippen LogP contribution in [0.2, 0.25) is 0 Å². The van der Waals surface area contributed by atoms with Gasteiger partial charge in [0.25, 0.3) is 21.3 Å². The molecule has 2 aromatic carbocycles. The molecule has 0 saturated carbocycles. The molecule has 12 heteroatoms. The molecular formula is C22H25N5O6S. The average molecular weight is 488 g/mol. The van der Waals surface area contributed by atoms with Crippen LogP contribution in [0.5, 0.6) is 0 Å². The van der Waals surface area contributed by atoms with Gasteiger partial charge in [0.2, 0.25) is 0 Å². The third-order valence-corrected chi connectivity index (χ3v) is 7.16. The minimum absolute atomic E-state index is 0.0440. The van der Waals surface area contributed by atoms with Gasteiger partial charge in [-0.05, 0) is 44.0 Å². The average Bonchev–Trinajstić information content (AvgIpc) is 3.41. The van der Waals surface area contributed by atoms with Gasteiger partial charge < -0.3 is 10.1 Å². The number of nitro groups is 1. The minimum atomic E-state index is -4.28. The lowest BCUT2D eigenvalue weighted by Gasteiger charge is -2.13. The Labute approximate surface area is 196 Å². The summed E-state index contributed by atoms with van der Waals surface area (Å²) in [6.07, 6.45) is 1.74. The molecule has 1 saturated heterocycles. The Kier molecular flexibility index (Phi) is 6.44. The number of sulfonamides is 1. The third-order valence-electron chi connectivity index (χ3n) is 5.81. The van der Waals surface area contributed by atoms with Gasteiger partial charge in [0, 0.05) is 26.3 Å². The molecule has 11 nitrogen and oxygen atoms in total. The van der Waals surface area contributed by atoms with Gasteiger partial charge in [-0.3, -0.25) is 24.3 Å². The fraction of sp³-hybridized carbons (Fsp3) is 0.318. The first-order valence-corrected chi connectivity index (χ1v) is 12.2. The number of hydrogen-bond donors (Lipinski definition) is 2. The summed E-state index contributed by atoms with van der Waals surface area (Å²) in [6.45, 7) is 2.65. The quantitative estimate of drug-likeness (QED) is 0.368. The second kappa shape index (κ2) is 9.31. The zero-order valence-corrected chi connectivity index (χ0v) is 19.5. The van der Waals surface area contributed by atoms with Crippen molar-refractivity contribution in [2.75, 3.05) is 23.2 Å². The van der Waals surface area contributed by atoms with E-state index in [1.165, 1.54) is 21.5 Å². The van der Waals surface area contributed by atoms with E-state index in [1.807, 2.05) is 0 Å². The first-order chi connectivity index (χ1) is 16.2. The number of nitrogens with one attached hydrogen (secondary N) is 2. The maximum Gasteiger partial charge on any atom is 0.296 e. The molecular weight excluding hydrogens is 462 g/mol. The Morgan fingerprint density at radius 1 is 1.21 bits per heavy atom. The van der Waals surface area contributed by atoms with E-state index in [9.17, 15) is 23.3 Å². The topological polar surface area (TPSA) is 138 Å². The maximum atomic E-state index is 13.1. The Balaban J connectivity index is 1.64. The first-order valence-electron chi connectivity index (χ1n) is 10.7. The summed E-state index contributed by atoms with van der Waals surface area (Å²) >= 11 is 0. The highest BCUT2D eigenvalue weighted by Crippen LogP contribution is 2.29. The summed E-state index contributed by atoms with van der Waals surface area (Å²) in [6, 6.07) is 12.4. The van der Waals surface area contributed by atoms with Crippen molar-refractivity contribution in [3.63, 3.8) is 0 Å². The maximum absolute atomic E-state index is 13.1. The van der Waals surface area contributed by atoms with E-state index in [2.05, 4.69) is 10.0 Å². The molecule has 0 bridgehead atoms. The molecule has 4 rings (SSSR count). The molecule has 1 atom stereocenters. The normalized spacial score (nSPS) is 15.9. The van der Waals surface area contributed by atoms with E-state index >= 15 is 0 Å². The molecule has 1 fully saturated rings. The van der Waals surface area contributed by atoms with E-state index in [1.54, 1.807) is 44.3 Å². The molecule has 0 amide bonds. The van der Waals surface area contributed by atoms with Gasteiger partial charge in [0.15, 0.2) is 0 Å². The first kappa shape index (κ1) is 23.5. The van der Waals surface area contributed by atoms with Crippen LogP contribution in [0, 0.1) is 17.0 Å². The van der Waals surface area contributed by atoms with Crippen LogP contribution < -0.4 is 15.6 Å². The van der Waals surface area contributed by atoms with Crippen molar-refractivity contribution < 1.29 is 18.1 Å². The molecule has 180 valence electrons. The number of hydrogen-bond acceptors (Lipinski definition) is 7. The van der Waals surface area contributed by atoms with Gasteiger partial charge in [-0.25, -0.2) is 13.1 Å². The number of rotatable bonds is 8. The number of para-hydroxylation sites is 1. The Bertz CT molecular complexity index is 1370. The van der Waals surface area contributed by atoms with Crippen molar-refractivity contribution >= 4 is 27.1 Å². The number of aromatic nitrogens is 2. The molecule has 1 aromatic heterocycles. The highest BCUT2D eigenvalue weighted by atomic mass is 32.2. The van der Waals surface area contributed by atoms with Gasteiger partial charge >= 0.3 is 0 Å². The lowest BCUT2D eigenvalue weighted by molar-refractivity contribution is -0.384. The largest absolute Gasteiger partial charge is 0.377 e. The molecule has 1 aliphatic heterocycles. The predicted molar refractivity (Wildman–Crippen MR) is 127 cm³/mol. The number of nitrogens with zero attached hydrogens (tertiary/aromatic N) is 3. The SMILES string of the molecule is Cc1c(NS(=O)(=O)c2ccc(NC[C@H]3CCCO3)c([N+](=O)[O-])c2)c(=O)n(-c2ccccc2)n1C. The number of benzene rings is 2. The summed E-state index contributed by atoms with van der Waals surface area (Å²) in [5, 5.41) is 14.6. The monoisotopic (exact) mass is 487 g/mol. The van der Waals surface area contributed by atoms with E-state index in [4.69, 9.17) is 4.74 Å². The molecule has 0 spiro atoms. The van der Waals surface area contributed by atoms with Gasteiger partial charge in [-0.2, -0.15) is 0 Å². The predicted octanol–water partition coefficient (Wildman–Crippen LogP) is 2.78. The van der Waals surface area contributed by atoms with Crippen LogP contribution in [0.15, 0.2) is 58.2 Å². The van der Waals surface area contributed by atoms with E-state index in [-0.39, 0.29) is 28.1 Å². The third kappa shape index (κ3) is 4.54. The smallest absolute Gasteiger partial charge is 0.296 e. The van der Waals surface area contributed by atoms with Crippen molar-refractivity contribution in [1.82, 2.24) is 9.36 Å². The lowest BCUT2D eigenvalue weighted by Crippen LogP contribution is -2.23. The Morgan fingerprint density at radius 2 is 1.94 bits per heavy atom. The minimum Gasteiger partial charge on any atom is -0.377 e. The molecule has 2 N–H and O–H groups in total. The van der Waals surface area contributed by atoms with Crippen molar-refractivity contribution in [3.05, 3.63) is 74.7 Å². The standard InChI is InChI=1S/C22H25N5O6S/c1-15-21(22(28)26(25(15)2)16-7-4-3-5-8-16)24-34(31,32)18-10-11-19(20(13-18)27(29)30)23-14-17-9-6-12-33-17/h3-5,7-8,10-11,13,17,23-24H,6,9,12,14H2,1-2H3/t17-/m1/s1. The number of anilines is 2. The van der Waals surface area contributed by atoms with Crippen LogP contribution in [0.3, 0.4) is 0 Å². The summed E-state index contributed by atoms with van der Waals surface area (Å²) in [5.41, 5.74) is 0.0884. The van der Waals surface area contributed by atoms with Crippen molar-refractivity contribution in [1.29, 1.82) is 0 Å². The van der Waals surface area contributed by atoms with E-state index < -0.39 is 20.5 Å². The van der Waals surface area contributed by atoms with Crippen LogP contribution in [-0.2, 0) is 21.8 Å². The van der Waals surface area contributed by atoms with E-state index in [0.29, 0.717) is 24.5 Å². The molecule has 2 heterocycles. The summed E-state index contributed by atoms with van der Waals surface area (Å²) in [5.74, 6) is 0. The molecule has 0 radical (unpaired) electrons. The Hall–Kier alpha value is -3.64. The van der Waals surface area contributed by atoms with Crippen LogP contribution in [0.25, 0.3) is 5.69 Å². The highest BCUT2D eigenvalue weighted by Gasteiger charge is 2.26. The molecule has 34 heavy (non-hydrogen) atoms. The van der Waals surface area contributed by atoms with Gasteiger partial charge in [-0.15, -0.1) is 0 Å². The summed E-state index contributed by atoms with van der Waals surface area (Å²) < 4.78 is 36.9. The van der Waals surface area contributed by atoms with Crippen molar-refractivity contribution in [2.45, 2.75) is 30.8 Å². The molecule has 1 aliphatic rings. The van der Waals surface area contributed by atoms with Gasteiger partial charge in [-0.1, -0.05) is 18.2 Å². The zero-order valence-electron chi connectivity index (χ0n) is 18.7. The van der Waals surface area contributed by atoms with Crippen molar-refractivity contribution in [2.24, 2.45) is 7.05 Å². The molecule has 0 unspecified atom stereocenters. The summed E-state index contributed by atoms with van der Waals surface area (Å²) in [7, 11) is -2.64. The van der Waals surface area contributed by atoms with Crippen LogP contribution >= 0.6 is 0 Å². The van der Waals surface area contributed by atoms with E-state index in [0.717, 1.165) is 18.9 Å². The second-order valence-corrected chi connectivity index (χ2v) is 9.68. The molecule has 0 aliphatic carbocycles. The van der Waals surface area contributed by atoms with Crippen LogP contribution in [0.1, 0.15) is 18.5 Å². The second-order valence-electron chi connectivity index (χ2n) is 7.99. The number of nitro benzene ring substituents is 1. The van der Waals surface area contributed by atoms with Crippen molar-refractivity contribution in [3.8, 4) is 5.69 Å².